The summed E-state index contributed by atoms with van der Waals surface area (Å²) >= 11 is 0. The molecule has 0 fully saturated rings. The highest BCUT2D eigenvalue weighted by Crippen LogP contribution is 2.11. The topological polar surface area (TPSA) is 103 Å². The van der Waals surface area contributed by atoms with Crippen LogP contribution in [0.3, 0.4) is 0 Å². The molecule has 124 valence electrons. The minimum absolute atomic E-state index is 0.0630. The van der Waals surface area contributed by atoms with Gasteiger partial charge in [-0.1, -0.05) is 6.07 Å². The number of hydrogen-bond acceptors (Lipinski definition) is 5. The van der Waals surface area contributed by atoms with Crippen molar-refractivity contribution in [2.75, 3.05) is 18.1 Å². The van der Waals surface area contributed by atoms with E-state index >= 15 is 0 Å². The number of pyridine rings is 1. The molecule has 8 heteroatoms. The molecular formula is C16H16N4O3S. The lowest BCUT2D eigenvalue weighted by molar-refractivity contribution is -0.116. The number of sulfonamides is 1. The number of amides is 1. The predicted molar refractivity (Wildman–Crippen MR) is 89.3 cm³/mol. The Kier molecular flexibility index (Phi) is 5.63. The highest BCUT2D eigenvalue weighted by Gasteiger charge is 2.20. The Morgan fingerprint density at radius 3 is 2.54 bits per heavy atom. The van der Waals surface area contributed by atoms with E-state index in [9.17, 15) is 13.2 Å². The van der Waals surface area contributed by atoms with Crippen LogP contribution in [0.4, 0.5) is 5.69 Å². The molecule has 0 unspecified atom stereocenters. The van der Waals surface area contributed by atoms with Crippen molar-refractivity contribution in [1.82, 2.24) is 9.29 Å². The highest BCUT2D eigenvalue weighted by atomic mass is 32.2. The third kappa shape index (κ3) is 5.15. The van der Waals surface area contributed by atoms with Gasteiger partial charge in [-0.2, -0.15) is 9.57 Å². The van der Waals surface area contributed by atoms with Gasteiger partial charge in [0.05, 0.1) is 24.4 Å². The second-order valence-electron chi connectivity index (χ2n) is 5.13. The van der Waals surface area contributed by atoms with Gasteiger partial charge in [0.15, 0.2) is 0 Å². The minimum Gasteiger partial charge on any atom is -0.325 e. The molecule has 1 aromatic carbocycles. The van der Waals surface area contributed by atoms with Crippen molar-refractivity contribution >= 4 is 21.6 Å². The van der Waals surface area contributed by atoms with E-state index in [0.717, 1.165) is 10.6 Å². The van der Waals surface area contributed by atoms with Crippen LogP contribution in [0, 0.1) is 11.3 Å². The molecule has 1 amide bonds. The van der Waals surface area contributed by atoms with Crippen LogP contribution in [0.5, 0.6) is 0 Å². The molecule has 0 spiro atoms. The summed E-state index contributed by atoms with van der Waals surface area (Å²) in [7, 11) is -3.56. The summed E-state index contributed by atoms with van der Waals surface area (Å²) in [6.07, 6.45) is 4.20. The first-order valence-corrected chi connectivity index (χ1v) is 8.87. The fourth-order valence-electron chi connectivity index (χ4n) is 1.97. The smallest absolute Gasteiger partial charge is 0.239 e. The quantitative estimate of drug-likeness (QED) is 0.852. The molecular weight excluding hydrogens is 328 g/mol. The molecule has 0 aliphatic carbocycles. The lowest BCUT2D eigenvalue weighted by atomic mass is 10.2. The van der Waals surface area contributed by atoms with Gasteiger partial charge < -0.3 is 5.32 Å². The zero-order chi connectivity index (χ0) is 17.6. The zero-order valence-electron chi connectivity index (χ0n) is 13.0. The molecule has 1 heterocycles. The van der Waals surface area contributed by atoms with Crippen molar-refractivity contribution in [1.29, 1.82) is 5.26 Å². The standard InChI is InChI=1S/C16H16N4O3S/c1-24(22,23)20(11-14-3-2-8-18-10-14)12-16(21)19-15-6-4-13(9-17)5-7-15/h2-8,10H,11-12H2,1H3,(H,19,21). The maximum Gasteiger partial charge on any atom is 0.239 e. The molecule has 0 atom stereocenters. The first-order valence-electron chi connectivity index (χ1n) is 7.02. The lowest BCUT2D eigenvalue weighted by Crippen LogP contribution is -2.36. The molecule has 0 aliphatic heterocycles. The van der Waals surface area contributed by atoms with Crippen LogP contribution in [0.25, 0.3) is 0 Å². The van der Waals surface area contributed by atoms with Crippen molar-refractivity contribution in [2.45, 2.75) is 6.54 Å². The molecule has 2 rings (SSSR count). The van der Waals surface area contributed by atoms with E-state index in [1.165, 1.54) is 0 Å². The Morgan fingerprint density at radius 1 is 1.29 bits per heavy atom. The summed E-state index contributed by atoms with van der Waals surface area (Å²) in [4.78, 5) is 16.1. The number of rotatable bonds is 6. The summed E-state index contributed by atoms with van der Waals surface area (Å²) in [5.41, 5.74) is 1.66. The average Bonchev–Trinajstić information content (AvgIpc) is 2.55. The van der Waals surface area contributed by atoms with Crippen LogP contribution in [-0.4, -0.2) is 36.4 Å². The normalized spacial score (nSPS) is 11.0. The Bertz CT molecular complexity index is 843. The van der Waals surface area contributed by atoms with Crippen LogP contribution >= 0.6 is 0 Å². The first-order chi connectivity index (χ1) is 11.4. The molecule has 0 saturated carbocycles. The molecule has 0 aliphatic rings. The summed E-state index contributed by atoms with van der Waals surface area (Å²) in [6.45, 7) is -0.249. The number of hydrogen-bond donors (Lipinski definition) is 1. The van der Waals surface area contributed by atoms with Crippen molar-refractivity contribution in [3.63, 3.8) is 0 Å². The van der Waals surface area contributed by atoms with Crippen molar-refractivity contribution in [3.8, 4) is 6.07 Å². The van der Waals surface area contributed by atoms with Crippen molar-refractivity contribution < 1.29 is 13.2 Å². The van der Waals surface area contributed by atoms with E-state index in [1.807, 2.05) is 6.07 Å². The van der Waals surface area contributed by atoms with Crippen LogP contribution in [-0.2, 0) is 21.4 Å². The van der Waals surface area contributed by atoms with Gasteiger partial charge in [0, 0.05) is 24.6 Å². The Balaban J connectivity index is 2.05. The number of carbonyl (C=O) groups excluding carboxylic acids is 1. The van der Waals surface area contributed by atoms with Crippen LogP contribution < -0.4 is 5.32 Å². The Morgan fingerprint density at radius 2 is 2.00 bits per heavy atom. The van der Waals surface area contributed by atoms with E-state index in [4.69, 9.17) is 5.26 Å². The Hall–Kier alpha value is -2.76. The average molecular weight is 344 g/mol. The van der Waals surface area contributed by atoms with Gasteiger partial charge in [0.2, 0.25) is 15.9 Å². The molecule has 7 nitrogen and oxygen atoms in total. The molecule has 1 N–H and O–H groups in total. The predicted octanol–water partition coefficient (Wildman–Crippen LogP) is 1.35. The fraction of sp³-hybridized carbons (Fsp3) is 0.188. The van der Waals surface area contributed by atoms with Crippen molar-refractivity contribution in [2.24, 2.45) is 0 Å². The third-order valence-corrected chi connectivity index (χ3v) is 4.36. The maximum absolute atomic E-state index is 12.1. The summed E-state index contributed by atoms with van der Waals surface area (Å²) in [5.74, 6) is -0.464. The number of nitrogens with one attached hydrogen (secondary N) is 1. The molecule has 1 aromatic heterocycles. The van der Waals surface area contributed by atoms with E-state index < -0.39 is 15.9 Å². The van der Waals surface area contributed by atoms with Gasteiger partial charge in [-0.15, -0.1) is 0 Å². The zero-order valence-corrected chi connectivity index (χ0v) is 13.8. The molecule has 0 saturated heterocycles. The maximum atomic E-state index is 12.1. The number of carbonyl (C=O) groups is 1. The molecule has 0 bridgehead atoms. The number of benzene rings is 1. The van der Waals surface area contributed by atoms with Crippen LogP contribution in [0.1, 0.15) is 11.1 Å². The first kappa shape index (κ1) is 17.6. The van der Waals surface area contributed by atoms with Gasteiger partial charge in [-0.05, 0) is 35.9 Å². The van der Waals surface area contributed by atoms with Gasteiger partial charge in [0.1, 0.15) is 0 Å². The number of nitrogens with zero attached hydrogens (tertiary/aromatic N) is 3. The fourth-order valence-corrected chi connectivity index (χ4v) is 2.71. The van der Waals surface area contributed by atoms with E-state index in [2.05, 4.69) is 10.3 Å². The number of anilines is 1. The molecule has 0 radical (unpaired) electrons. The van der Waals surface area contributed by atoms with Gasteiger partial charge >= 0.3 is 0 Å². The number of aromatic nitrogens is 1. The second kappa shape index (κ2) is 7.68. The summed E-state index contributed by atoms with van der Waals surface area (Å²) < 4.78 is 24.9. The molecule has 2 aromatic rings. The number of nitriles is 1. The van der Waals surface area contributed by atoms with E-state index in [0.29, 0.717) is 16.8 Å². The van der Waals surface area contributed by atoms with Crippen molar-refractivity contribution in [3.05, 3.63) is 59.9 Å². The SMILES string of the molecule is CS(=O)(=O)N(CC(=O)Nc1ccc(C#N)cc1)Cc1cccnc1. The highest BCUT2D eigenvalue weighted by molar-refractivity contribution is 7.88. The van der Waals surface area contributed by atoms with Gasteiger partial charge in [-0.3, -0.25) is 9.78 Å². The van der Waals surface area contributed by atoms with Gasteiger partial charge in [-0.25, -0.2) is 8.42 Å². The third-order valence-electron chi connectivity index (χ3n) is 3.17. The minimum atomic E-state index is -3.56. The summed E-state index contributed by atoms with van der Waals surface area (Å²) in [5, 5.41) is 11.4. The largest absolute Gasteiger partial charge is 0.325 e. The Labute approximate surface area is 140 Å². The van der Waals surface area contributed by atoms with Gasteiger partial charge in [0.25, 0.3) is 0 Å². The summed E-state index contributed by atoms with van der Waals surface area (Å²) in [6, 6.07) is 11.7. The van der Waals surface area contributed by atoms with Crippen LogP contribution in [0.2, 0.25) is 0 Å². The van der Waals surface area contributed by atoms with E-state index in [1.54, 1.807) is 48.8 Å². The van der Waals surface area contributed by atoms with E-state index in [-0.39, 0.29) is 13.1 Å². The lowest BCUT2D eigenvalue weighted by Gasteiger charge is -2.19. The second-order valence-corrected chi connectivity index (χ2v) is 7.11. The monoisotopic (exact) mass is 344 g/mol. The van der Waals surface area contributed by atoms with Crippen LogP contribution in [0.15, 0.2) is 48.8 Å². The molecule has 24 heavy (non-hydrogen) atoms.